The number of anilines is 1. The van der Waals surface area contributed by atoms with Crippen molar-refractivity contribution in [1.82, 2.24) is 19.3 Å². The summed E-state index contributed by atoms with van der Waals surface area (Å²) in [4.78, 5) is 33.3. The Morgan fingerprint density at radius 1 is 1.38 bits per heavy atom. The van der Waals surface area contributed by atoms with Gasteiger partial charge in [0.25, 0.3) is 5.56 Å². The number of fused-ring (bicyclic) bond motifs is 3. The predicted molar refractivity (Wildman–Crippen MR) is 135 cm³/mol. The van der Waals surface area contributed by atoms with E-state index in [1.54, 1.807) is 45.2 Å². The second-order valence-corrected chi connectivity index (χ2v) is 11.0. The van der Waals surface area contributed by atoms with Crippen molar-refractivity contribution < 1.29 is 9.21 Å². The minimum atomic E-state index is -0.175. The Morgan fingerprint density at radius 3 is 3.00 bits per heavy atom. The monoisotopic (exact) mass is 497 g/mol. The fraction of sp³-hybridized carbons (Fsp3) is 0.417. The maximum absolute atomic E-state index is 13.7. The largest absolute Gasteiger partial charge is 0.467 e. The SMILES string of the molecule is CC1CCc2c(sc3nc(SCC(=O)Nc4ccnn4C(C)C)n(Cc4ccco4)c(=O)c23)C1. The van der Waals surface area contributed by atoms with Crippen LogP contribution in [-0.2, 0) is 24.2 Å². The molecule has 0 saturated carbocycles. The fourth-order valence-corrected chi connectivity index (χ4v) is 6.57. The van der Waals surface area contributed by atoms with Gasteiger partial charge in [-0.1, -0.05) is 18.7 Å². The smallest absolute Gasteiger partial charge is 0.263 e. The van der Waals surface area contributed by atoms with Crippen molar-refractivity contribution >= 4 is 45.0 Å². The lowest BCUT2D eigenvalue weighted by atomic mass is 9.89. The molecule has 0 bridgehead atoms. The van der Waals surface area contributed by atoms with Crippen LogP contribution in [0.2, 0.25) is 0 Å². The van der Waals surface area contributed by atoms with Gasteiger partial charge in [-0.3, -0.25) is 14.2 Å². The van der Waals surface area contributed by atoms with Crippen LogP contribution >= 0.6 is 23.1 Å². The van der Waals surface area contributed by atoms with Gasteiger partial charge in [-0.25, -0.2) is 9.67 Å². The molecular formula is C24H27N5O3S2. The van der Waals surface area contributed by atoms with Crippen molar-refractivity contribution in [2.45, 2.75) is 57.8 Å². The van der Waals surface area contributed by atoms with E-state index in [0.717, 1.165) is 35.0 Å². The predicted octanol–water partition coefficient (Wildman–Crippen LogP) is 4.73. The number of nitrogens with one attached hydrogen (secondary N) is 1. The van der Waals surface area contributed by atoms with E-state index in [1.807, 2.05) is 19.9 Å². The number of hydrogen-bond acceptors (Lipinski definition) is 7. The van der Waals surface area contributed by atoms with Crippen LogP contribution in [0.4, 0.5) is 5.82 Å². The third-order valence-corrected chi connectivity index (χ3v) is 8.16. The quantitative estimate of drug-likeness (QED) is 0.293. The summed E-state index contributed by atoms with van der Waals surface area (Å²) >= 11 is 2.88. The van der Waals surface area contributed by atoms with Gasteiger partial charge in [0.05, 0.1) is 30.1 Å². The molecule has 34 heavy (non-hydrogen) atoms. The molecule has 1 N–H and O–H groups in total. The number of carbonyl (C=O) groups is 1. The maximum Gasteiger partial charge on any atom is 0.263 e. The first-order chi connectivity index (χ1) is 16.4. The molecule has 8 nitrogen and oxygen atoms in total. The number of carbonyl (C=O) groups excluding carboxylic acids is 1. The van der Waals surface area contributed by atoms with Crippen LogP contribution in [0, 0.1) is 5.92 Å². The number of furan rings is 1. The molecule has 4 aromatic heterocycles. The first kappa shape index (κ1) is 22.9. The van der Waals surface area contributed by atoms with E-state index < -0.39 is 0 Å². The van der Waals surface area contributed by atoms with Crippen molar-refractivity contribution in [2.75, 3.05) is 11.1 Å². The summed E-state index contributed by atoms with van der Waals surface area (Å²) in [6.45, 7) is 6.54. The average molecular weight is 498 g/mol. The van der Waals surface area contributed by atoms with Gasteiger partial charge < -0.3 is 9.73 Å². The van der Waals surface area contributed by atoms with Crippen molar-refractivity contribution in [3.05, 3.63) is 57.2 Å². The van der Waals surface area contributed by atoms with Crippen molar-refractivity contribution in [3.8, 4) is 0 Å². The van der Waals surface area contributed by atoms with Gasteiger partial charge in [0, 0.05) is 17.0 Å². The molecule has 4 aromatic rings. The standard InChI is InChI=1S/C24H27N5O3S2/c1-14(2)29-19(8-9-25-29)26-20(30)13-33-24-27-22-21(17-7-6-15(3)11-18(17)34-22)23(31)28(24)12-16-5-4-10-32-16/h4-5,8-10,14-15H,6-7,11-13H2,1-3H3,(H,26,30). The van der Waals surface area contributed by atoms with Crippen LogP contribution in [0.15, 0.2) is 45.0 Å². The minimum absolute atomic E-state index is 0.0609. The molecule has 0 aromatic carbocycles. The van der Waals surface area contributed by atoms with Gasteiger partial charge in [-0.05, 0) is 56.7 Å². The highest BCUT2D eigenvalue weighted by Crippen LogP contribution is 2.36. The highest BCUT2D eigenvalue weighted by molar-refractivity contribution is 7.99. The molecular weight excluding hydrogens is 470 g/mol. The van der Waals surface area contributed by atoms with Gasteiger partial charge in [-0.2, -0.15) is 5.10 Å². The summed E-state index contributed by atoms with van der Waals surface area (Å²) < 4.78 is 8.92. The Hall–Kier alpha value is -2.85. The summed E-state index contributed by atoms with van der Waals surface area (Å²) in [5.41, 5.74) is 1.09. The zero-order valence-corrected chi connectivity index (χ0v) is 21.0. The summed E-state index contributed by atoms with van der Waals surface area (Å²) in [7, 11) is 0. The fourth-order valence-electron chi connectivity index (χ4n) is 4.35. The molecule has 10 heteroatoms. The van der Waals surface area contributed by atoms with E-state index in [1.165, 1.54) is 16.6 Å². The van der Waals surface area contributed by atoms with E-state index in [-0.39, 0.29) is 29.8 Å². The number of nitrogens with zero attached hydrogens (tertiary/aromatic N) is 4. The molecule has 1 aliphatic rings. The summed E-state index contributed by atoms with van der Waals surface area (Å²) in [6, 6.07) is 5.55. The molecule has 0 radical (unpaired) electrons. The molecule has 1 aliphatic carbocycles. The topological polar surface area (TPSA) is 95.0 Å². The molecule has 4 heterocycles. The molecule has 5 rings (SSSR count). The summed E-state index contributed by atoms with van der Waals surface area (Å²) in [6.07, 6.45) is 6.24. The van der Waals surface area contributed by atoms with E-state index in [9.17, 15) is 9.59 Å². The number of aromatic nitrogens is 4. The van der Waals surface area contributed by atoms with Crippen LogP contribution in [-0.4, -0.2) is 31.0 Å². The Balaban J connectivity index is 1.46. The lowest BCUT2D eigenvalue weighted by Gasteiger charge is -2.17. The molecule has 0 saturated heterocycles. The van der Waals surface area contributed by atoms with Gasteiger partial charge in [0.2, 0.25) is 5.91 Å². The zero-order chi connectivity index (χ0) is 23.8. The van der Waals surface area contributed by atoms with E-state index in [0.29, 0.717) is 22.7 Å². The highest BCUT2D eigenvalue weighted by Gasteiger charge is 2.25. The van der Waals surface area contributed by atoms with E-state index >= 15 is 0 Å². The number of aryl methyl sites for hydroxylation is 1. The molecule has 0 fully saturated rings. The molecule has 1 atom stereocenters. The maximum atomic E-state index is 13.7. The van der Waals surface area contributed by atoms with Gasteiger partial charge >= 0.3 is 0 Å². The first-order valence-corrected chi connectivity index (χ1v) is 13.2. The van der Waals surface area contributed by atoms with Crippen LogP contribution in [0.25, 0.3) is 10.2 Å². The highest BCUT2D eigenvalue weighted by atomic mass is 32.2. The minimum Gasteiger partial charge on any atom is -0.467 e. The Labute approximate surface area is 205 Å². The third kappa shape index (κ3) is 4.44. The van der Waals surface area contributed by atoms with Crippen molar-refractivity contribution in [3.63, 3.8) is 0 Å². The normalized spacial score (nSPS) is 15.7. The second kappa shape index (κ2) is 9.42. The Morgan fingerprint density at radius 2 is 2.24 bits per heavy atom. The first-order valence-electron chi connectivity index (χ1n) is 11.4. The number of thiophene rings is 1. The Kier molecular flexibility index (Phi) is 6.35. The van der Waals surface area contributed by atoms with Gasteiger partial charge in [0.1, 0.15) is 16.4 Å². The molecule has 0 spiro atoms. The second-order valence-electron chi connectivity index (χ2n) is 8.99. The summed E-state index contributed by atoms with van der Waals surface area (Å²) in [5.74, 6) is 1.89. The number of amides is 1. The van der Waals surface area contributed by atoms with E-state index in [2.05, 4.69) is 17.3 Å². The summed E-state index contributed by atoms with van der Waals surface area (Å²) in [5, 5.41) is 8.42. The molecule has 1 unspecified atom stereocenters. The molecule has 178 valence electrons. The lowest BCUT2D eigenvalue weighted by molar-refractivity contribution is -0.113. The van der Waals surface area contributed by atoms with Crippen LogP contribution < -0.4 is 10.9 Å². The molecule has 1 amide bonds. The van der Waals surface area contributed by atoms with Crippen LogP contribution in [0.1, 0.15) is 49.4 Å². The lowest BCUT2D eigenvalue weighted by Crippen LogP contribution is -2.25. The van der Waals surface area contributed by atoms with Crippen LogP contribution in [0.3, 0.4) is 0 Å². The van der Waals surface area contributed by atoms with Crippen molar-refractivity contribution in [2.24, 2.45) is 5.92 Å². The number of hydrogen-bond donors (Lipinski definition) is 1. The van der Waals surface area contributed by atoms with Gasteiger partial charge in [0.15, 0.2) is 5.16 Å². The zero-order valence-electron chi connectivity index (χ0n) is 19.4. The molecule has 0 aliphatic heterocycles. The van der Waals surface area contributed by atoms with Gasteiger partial charge in [-0.15, -0.1) is 11.3 Å². The number of thioether (sulfide) groups is 1. The van der Waals surface area contributed by atoms with Crippen LogP contribution in [0.5, 0.6) is 0 Å². The third-order valence-electron chi connectivity index (χ3n) is 6.03. The Bertz CT molecular complexity index is 1380. The number of rotatable bonds is 7. The van der Waals surface area contributed by atoms with E-state index in [4.69, 9.17) is 9.40 Å². The average Bonchev–Trinajstić information content (AvgIpc) is 3.54. The van der Waals surface area contributed by atoms with Crippen molar-refractivity contribution in [1.29, 1.82) is 0 Å².